The summed E-state index contributed by atoms with van der Waals surface area (Å²) in [7, 11) is 0. The van der Waals surface area contributed by atoms with Crippen LogP contribution in [0.3, 0.4) is 0 Å². The summed E-state index contributed by atoms with van der Waals surface area (Å²) in [6, 6.07) is 19.8. The topological polar surface area (TPSA) is 80.5 Å². The Bertz CT molecular complexity index is 1550. The van der Waals surface area contributed by atoms with Crippen molar-refractivity contribution in [3.8, 4) is 17.0 Å². The lowest BCUT2D eigenvalue weighted by Gasteiger charge is -2.28. The molecular weight excluding hydrogens is 505 g/mol. The van der Waals surface area contributed by atoms with Gasteiger partial charge in [0.15, 0.2) is 6.61 Å². The highest BCUT2D eigenvalue weighted by Crippen LogP contribution is 2.33. The number of anilines is 2. The molecule has 1 N–H and O–H groups in total. The van der Waals surface area contributed by atoms with Crippen molar-refractivity contribution in [1.82, 2.24) is 4.68 Å². The van der Waals surface area contributed by atoms with Gasteiger partial charge in [0.05, 0.1) is 36.5 Å². The number of morpholine rings is 1. The van der Waals surface area contributed by atoms with Crippen LogP contribution in [0.1, 0.15) is 5.56 Å². The van der Waals surface area contributed by atoms with Gasteiger partial charge in [0.25, 0.3) is 5.91 Å². The van der Waals surface area contributed by atoms with Gasteiger partial charge in [-0.1, -0.05) is 12.1 Å². The summed E-state index contributed by atoms with van der Waals surface area (Å²) in [4.78, 5) is 19.5. The lowest BCUT2D eigenvalue weighted by atomic mass is 10.1. The van der Waals surface area contributed by atoms with Crippen LogP contribution in [-0.2, 0) is 9.53 Å². The Morgan fingerprint density at radius 1 is 1.00 bits per heavy atom. The Hall–Kier alpha value is -4.28. The number of carbonyl (C=O) groups is 1. The molecule has 10 heteroatoms. The van der Waals surface area contributed by atoms with Crippen molar-refractivity contribution in [3.05, 3.63) is 88.3 Å². The van der Waals surface area contributed by atoms with E-state index in [0.717, 1.165) is 48.8 Å². The Kier molecular flexibility index (Phi) is 6.72. The van der Waals surface area contributed by atoms with Crippen molar-refractivity contribution in [3.63, 3.8) is 0 Å². The molecule has 0 atom stereocenters. The van der Waals surface area contributed by atoms with Gasteiger partial charge in [-0.15, -0.1) is 11.3 Å². The lowest BCUT2D eigenvalue weighted by molar-refractivity contribution is -0.118. The molecule has 1 saturated heterocycles. The maximum Gasteiger partial charge on any atom is 0.262 e. The molecule has 1 fully saturated rings. The second-order valence-electron chi connectivity index (χ2n) is 8.79. The monoisotopic (exact) mass is 529 g/mol. The fourth-order valence-electron chi connectivity index (χ4n) is 4.27. The van der Waals surface area contributed by atoms with E-state index < -0.39 is 0 Å². The number of rotatable bonds is 5. The van der Waals surface area contributed by atoms with Crippen LogP contribution in [0.2, 0.25) is 0 Å². The third-order valence-corrected chi connectivity index (χ3v) is 7.05. The zero-order valence-corrected chi connectivity index (χ0v) is 21.2. The number of amides is 1. The van der Waals surface area contributed by atoms with Crippen molar-refractivity contribution in [2.75, 3.05) is 43.1 Å². The zero-order valence-electron chi connectivity index (χ0n) is 20.3. The van der Waals surface area contributed by atoms with Gasteiger partial charge in [-0.05, 0) is 60.2 Å². The number of hydrogen-bond acceptors (Lipinski definition) is 7. The van der Waals surface area contributed by atoms with E-state index in [2.05, 4.69) is 22.3 Å². The Balaban J connectivity index is 1.37. The molecule has 3 heterocycles. The zero-order chi connectivity index (χ0) is 25.9. The van der Waals surface area contributed by atoms with Crippen LogP contribution in [0.25, 0.3) is 11.3 Å². The standard InChI is InChI=1S/C28H24FN5O3S/c29-21-4-6-22(7-5-21)31-28-34(30-16-19-1-8-23(9-2-19)33-11-13-36-14-12-33)25(18-38-28)20-3-10-26-24(15-20)32-27(35)17-37-26/h1-10,15-16,18H,11-14,17H2,(H,32,35). The van der Waals surface area contributed by atoms with Crippen molar-refractivity contribution in [2.24, 2.45) is 10.1 Å². The van der Waals surface area contributed by atoms with E-state index in [1.54, 1.807) is 23.0 Å². The van der Waals surface area contributed by atoms with Gasteiger partial charge in [0.2, 0.25) is 4.80 Å². The summed E-state index contributed by atoms with van der Waals surface area (Å²) in [5.74, 6) is 0.106. The maximum absolute atomic E-state index is 13.4. The maximum atomic E-state index is 13.4. The normalized spacial score (nSPS) is 15.9. The third-order valence-electron chi connectivity index (χ3n) is 6.24. The second-order valence-corrected chi connectivity index (χ2v) is 9.62. The van der Waals surface area contributed by atoms with Gasteiger partial charge in [-0.25, -0.2) is 14.1 Å². The van der Waals surface area contributed by atoms with Crippen molar-refractivity contribution in [1.29, 1.82) is 0 Å². The summed E-state index contributed by atoms with van der Waals surface area (Å²) in [6.45, 7) is 3.23. The van der Waals surface area contributed by atoms with E-state index in [0.29, 0.717) is 21.9 Å². The minimum atomic E-state index is -0.319. The lowest BCUT2D eigenvalue weighted by Crippen LogP contribution is -2.36. The SMILES string of the molecule is O=C1COc2ccc(-c3csc(=Nc4ccc(F)cc4)n3N=Cc3ccc(N4CCOCC4)cc3)cc2N1. The number of carbonyl (C=O) groups excluding carboxylic acids is 1. The number of hydrogen-bond donors (Lipinski definition) is 1. The van der Waals surface area contributed by atoms with Gasteiger partial charge in [-0.3, -0.25) is 4.79 Å². The number of thiazole rings is 1. The summed E-state index contributed by atoms with van der Waals surface area (Å²) >= 11 is 1.42. The van der Waals surface area contributed by atoms with Crippen LogP contribution in [0.15, 0.2) is 82.2 Å². The Morgan fingerprint density at radius 2 is 1.79 bits per heavy atom. The van der Waals surface area contributed by atoms with Gasteiger partial charge in [-0.2, -0.15) is 5.10 Å². The molecule has 2 aliphatic heterocycles. The summed E-state index contributed by atoms with van der Waals surface area (Å²) in [5, 5.41) is 9.58. The molecule has 0 radical (unpaired) electrons. The van der Waals surface area contributed by atoms with Crippen LogP contribution in [0.5, 0.6) is 5.75 Å². The summed E-state index contributed by atoms with van der Waals surface area (Å²) in [5.41, 5.74) is 4.94. The molecule has 8 nitrogen and oxygen atoms in total. The quantitative estimate of drug-likeness (QED) is 0.382. The summed E-state index contributed by atoms with van der Waals surface area (Å²) in [6.07, 6.45) is 1.78. The average molecular weight is 530 g/mol. The molecule has 0 aliphatic carbocycles. The molecule has 0 saturated carbocycles. The molecule has 3 aromatic carbocycles. The van der Waals surface area contributed by atoms with Gasteiger partial charge >= 0.3 is 0 Å². The van der Waals surface area contributed by atoms with Crippen LogP contribution in [0.4, 0.5) is 21.5 Å². The number of aromatic nitrogens is 1. The molecule has 4 aromatic rings. The first kappa shape index (κ1) is 24.1. The fourth-order valence-corrected chi connectivity index (χ4v) is 5.13. The van der Waals surface area contributed by atoms with E-state index in [9.17, 15) is 9.18 Å². The molecule has 38 heavy (non-hydrogen) atoms. The van der Waals surface area contributed by atoms with Crippen molar-refractivity contribution >= 4 is 40.5 Å². The van der Waals surface area contributed by atoms with Gasteiger partial charge in [0.1, 0.15) is 11.6 Å². The second kappa shape index (κ2) is 10.6. The first-order valence-electron chi connectivity index (χ1n) is 12.2. The summed E-state index contributed by atoms with van der Waals surface area (Å²) < 4.78 is 26.1. The molecular formula is C28H24FN5O3S. The highest BCUT2D eigenvalue weighted by atomic mass is 32.1. The van der Waals surface area contributed by atoms with Crippen molar-refractivity contribution < 1.29 is 18.7 Å². The van der Waals surface area contributed by atoms with E-state index in [1.807, 2.05) is 35.7 Å². The van der Waals surface area contributed by atoms with Gasteiger partial charge < -0.3 is 19.7 Å². The number of ether oxygens (including phenoxy) is 2. The third kappa shape index (κ3) is 5.22. The molecule has 0 bridgehead atoms. The van der Waals surface area contributed by atoms with E-state index in [1.165, 1.54) is 23.5 Å². The largest absolute Gasteiger partial charge is 0.482 e. The first-order chi connectivity index (χ1) is 18.6. The van der Waals surface area contributed by atoms with Gasteiger partial charge in [0, 0.05) is 29.7 Å². The number of nitrogens with zero attached hydrogens (tertiary/aromatic N) is 4. The molecule has 2 aliphatic rings. The predicted octanol–water partition coefficient (Wildman–Crippen LogP) is 4.64. The minimum absolute atomic E-state index is 0.000116. The van der Waals surface area contributed by atoms with Crippen molar-refractivity contribution in [2.45, 2.75) is 0 Å². The van der Waals surface area contributed by atoms with Crippen LogP contribution in [0, 0.1) is 5.82 Å². The molecule has 6 rings (SSSR count). The fraction of sp³-hybridized carbons (Fsp3) is 0.179. The molecule has 0 spiro atoms. The van der Waals surface area contributed by atoms with Crippen LogP contribution >= 0.6 is 11.3 Å². The molecule has 1 aromatic heterocycles. The number of benzene rings is 3. The van der Waals surface area contributed by atoms with E-state index >= 15 is 0 Å². The number of fused-ring (bicyclic) bond motifs is 1. The Morgan fingerprint density at radius 3 is 2.58 bits per heavy atom. The van der Waals surface area contributed by atoms with E-state index in [4.69, 9.17) is 19.6 Å². The number of nitrogens with one attached hydrogen (secondary N) is 1. The highest BCUT2D eigenvalue weighted by Gasteiger charge is 2.18. The molecule has 0 unspecified atom stereocenters. The average Bonchev–Trinajstić information content (AvgIpc) is 3.35. The van der Waals surface area contributed by atoms with Crippen LogP contribution in [-0.4, -0.2) is 49.7 Å². The Labute approximate surface area is 222 Å². The smallest absolute Gasteiger partial charge is 0.262 e. The molecule has 1 amide bonds. The minimum Gasteiger partial charge on any atom is -0.482 e. The first-order valence-corrected chi connectivity index (χ1v) is 13.1. The predicted molar refractivity (Wildman–Crippen MR) is 146 cm³/mol. The van der Waals surface area contributed by atoms with E-state index in [-0.39, 0.29) is 18.3 Å². The number of halogens is 1. The molecule has 192 valence electrons. The highest BCUT2D eigenvalue weighted by molar-refractivity contribution is 7.07. The van der Waals surface area contributed by atoms with Crippen LogP contribution < -0.4 is 19.8 Å².